The second-order valence-corrected chi connectivity index (χ2v) is 14.1. The molecule has 7 nitrogen and oxygen atoms in total. The molecule has 4 heterocycles. The number of aromatic nitrogens is 2. The summed E-state index contributed by atoms with van der Waals surface area (Å²) in [5.41, 5.74) is 8.05. The molecular weight excluding hydrogens is 659 g/mol. The molecule has 4 aromatic carbocycles. The van der Waals surface area contributed by atoms with Crippen LogP contribution in [0.3, 0.4) is 0 Å². The van der Waals surface area contributed by atoms with Gasteiger partial charge in [-0.05, 0) is 53.7 Å². The van der Waals surface area contributed by atoms with E-state index in [1.165, 1.54) is 4.90 Å². The Morgan fingerprint density at radius 3 is 1.96 bits per heavy atom. The first-order chi connectivity index (χ1) is 26.0. The monoisotopic (exact) mass is 699 g/mol. The Balaban J connectivity index is 1.15. The van der Waals surface area contributed by atoms with Gasteiger partial charge in [0, 0.05) is 60.3 Å². The zero-order valence-electron chi connectivity index (χ0n) is 29.8. The number of allylic oxidation sites excluding steroid dienone is 1. The summed E-state index contributed by atoms with van der Waals surface area (Å²) in [7, 11) is 1.59. The summed E-state index contributed by atoms with van der Waals surface area (Å²) in [6.45, 7) is 2.01. The summed E-state index contributed by atoms with van der Waals surface area (Å²) >= 11 is 0. The van der Waals surface area contributed by atoms with Crippen molar-refractivity contribution in [3.8, 4) is 0 Å². The maximum Gasteiger partial charge on any atom is 0.261 e. The Labute approximate surface area is 309 Å². The standard InChI is InChI=1S/C46H41N3O4/c1-47-44(50)42-38-29-48(40-23-13-11-21-36(38)40)26-25-35(52-28-27-49-30-39(43(42)45(47)51)37-22-12-14-24-41(37)49)31-53-46(32-15-5-2-6-16-32,33-17-7-3-8-18-33)34-19-9-4-10-20-34/h2-10,12-20,22-24,29-30,35H,11,21,25-28,31H2,1H3. The minimum Gasteiger partial charge on any atom is -0.374 e. The van der Waals surface area contributed by atoms with Gasteiger partial charge in [0.1, 0.15) is 5.60 Å². The van der Waals surface area contributed by atoms with E-state index in [9.17, 15) is 9.59 Å². The van der Waals surface area contributed by atoms with Gasteiger partial charge < -0.3 is 18.6 Å². The first-order valence-corrected chi connectivity index (χ1v) is 18.5. The highest BCUT2D eigenvalue weighted by molar-refractivity contribution is 6.49. The van der Waals surface area contributed by atoms with Gasteiger partial charge in [0.05, 0.1) is 30.5 Å². The second-order valence-electron chi connectivity index (χ2n) is 14.1. The van der Waals surface area contributed by atoms with Crippen molar-refractivity contribution >= 4 is 39.9 Å². The van der Waals surface area contributed by atoms with E-state index < -0.39 is 5.60 Å². The van der Waals surface area contributed by atoms with Crippen LogP contribution in [-0.2, 0) is 44.2 Å². The molecule has 2 amide bonds. The molecule has 2 aromatic heterocycles. The number of carbonyl (C=O) groups is 2. The molecule has 4 bridgehead atoms. The Bertz CT molecular complexity index is 2290. The number of fused-ring (bicyclic) bond motifs is 12. The van der Waals surface area contributed by atoms with Gasteiger partial charge in [0.2, 0.25) is 0 Å². The van der Waals surface area contributed by atoms with Crippen molar-refractivity contribution in [3.05, 3.63) is 173 Å². The summed E-state index contributed by atoms with van der Waals surface area (Å²) in [5.74, 6) is -0.517. The smallest absolute Gasteiger partial charge is 0.261 e. The van der Waals surface area contributed by atoms with E-state index in [0.29, 0.717) is 43.9 Å². The average Bonchev–Trinajstić information content (AvgIpc) is 3.83. The zero-order chi connectivity index (χ0) is 35.9. The van der Waals surface area contributed by atoms with Gasteiger partial charge in [-0.2, -0.15) is 0 Å². The Morgan fingerprint density at radius 1 is 0.717 bits per heavy atom. The predicted octanol–water partition coefficient (Wildman–Crippen LogP) is 8.11. The van der Waals surface area contributed by atoms with Crippen LogP contribution in [0.4, 0.5) is 0 Å². The highest BCUT2D eigenvalue weighted by Gasteiger charge is 2.41. The van der Waals surface area contributed by atoms with Crippen molar-refractivity contribution in [1.29, 1.82) is 0 Å². The predicted molar refractivity (Wildman–Crippen MR) is 208 cm³/mol. The van der Waals surface area contributed by atoms with Crippen LogP contribution < -0.4 is 0 Å². The lowest BCUT2D eigenvalue weighted by Gasteiger charge is -2.37. The van der Waals surface area contributed by atoms with Crippen LogP contribution in [0.25, 0.3) is 28.1 Å². The third-order valence-electron chi connectivity index (χ3n) is 11.1. The van der Waals surface area contributed by atoms with Crippen molar-refractivity contribution in [3.63, 3.8) is 0 Å². The molecular formula is C46H41N3O4. The number of rotatable bonds is 6. The van der Waals surface area contributed by atoms with Crippen LogP contribution in [0.1, 0.15) is 51.9 Å². The van der Waals surface area contributed by atoms with Crippen molar-refractivity contribution in [1.82, 2.24) is 14.0 Å². The van der Waals surface area contributed by atoms with Gasteiger partial charge in [-0.25, -0.2) is 0 Å². The summed E-state index contributed by atoms with van der Waals surface area (Å²) in [6.07, 6.45) is 10.6. The minimum absolute atomic E-state index is 0.251. The highest BCUT2D eigenvalue weighted by Crippen LogP contribution is 2.43. The molecule has 0 saturated heterocycles. The number of benzene rings is 4. The highest BCUT2D eigenvalue weighted by atomic mass is 16.5. The fraction of sp³-hybridized carbons (Fsp3) is 0.217. The number of likely N-dealkylation sites (N-methyl/N-ethyl adjacent to an activating group) is 1. The molecule has 1 atom stereocenters. The van der Waals surface area contributed by atoms with Gasteiger partial charge in [-0.1, -0.05) is 115 Å². The number of ether oxygens (including phenoxy) is 2. The Kier molecular flexibility index (Phi) is 8.53. The molecule has 264 valence electrons. The van der Waals surface area contributed by atoms with E-state index in [2.05, 4.69) is 106 Å². The van der Waals surface area contributed by atoms with Crippen molar-refractivity contribution < 1.29 is 19.1 Å². The number of hydrogen-bond acceptors (Lipinski definition) is 4. The van der Waals surface area contributed by atoms with E-state index in [-0.39, 0.29) is 17.9 Å². The molecule has 0 N–H and O–H groups in total. The fourth-order valence-electron chi connectivity index (χ4n) is 8.47. The van der Waals surface area contributed by atoms with E-state index in [4.69, 9.17) is 9.47 Å². The van der Waals surface area contributed by atoms with Crippen molar-refractivity contribution in [2.24, 2.45) is 0 Å². The lowest BCUT2D eigenvalue weighted by Crippen LogP contribution is -2.37. The van der Waals surface area contributed by atoms with Crippen molar-refractivity contribution in [2.75, 3.05) is 20.3 Å². The summed E-state index contributed by atoms with van der Waals surface area (Å²) in [6, 6.07) is 39.4. The van der Waals surface area contributed by atoms with Gasteiger partial charge in [-0.3, -0.25) is 14.5 Å². The fourth-order valence-corrected chi connectivity index (χ4v) is 8.47. The van der Waals surface area contributed by atoms with E-state index in [0.717, 1.165) is 62.8 Å². The SMILES string of the molecule is CN1C(=O)C2=C(C1=O)c1cn(c3ccccc13)CCOC(COC(c1ccccc1)(c1ccccc1)c1ccccc1)CCn1cc2c2c1C=CCC2. The van der Waals surface area contributed by atoms with E-state index >= 15 is 0 Å². The number of amides is 2. The minimum atomic E-state index is -0.870. The van der Waals surface area contributed by atoms with Crippen LogP contribution in [0.15, 0.2) is 134 Å². The summed E-state index contributed by atoms with van der Waals surface area (Å²) in [4.78, 5) is 29.2. The molecule has 0 spiro atoms. The number of nitrogens with zero attached hydrogens (tertiary/aromatic N) is 3. The first kappa shape index (κ1) is 33.1. The van der Waals surface area contributed by atoms with Crippen LogP contribution in [0.5, 0.6) is 0 Å². The quantitative estimate of drug-likeness (QED) is 0.130. The second kappa shape index (κ2) is 13.7. The number of carbonyl (C=O) groups excluding carboxylic acids is 2. The molecule has 1 unspecified atom stereocenters. The average molecular weight is 700 g/mol. The number of aryl methyl sites for hydroxylation is 1. The van der Waals surface area contributed by atoms with Crippen LogP contribution in [0, 0.1) is 0 Å². The lowest BCUT2D eigenvalue weighted by atomic mass is 9.80. The van der Waals surface area contributed by atoms with Gasteiger partial charge >= 0.3 is 0 Å². The molecule has 53 heavy (non-hydrogen) atoms. The molecule has 6 aromatic rings. The zero-order valence-corrected chi connectivity index (χ0v) is 29.8. The Hall–Kier alpha value is -5.76. The van der Waals surface area contributed by atoms with Gasteiger partial charge in [0.25, 0.3) is 11.8 Å². The topological polar surface area (TPSA) is 65.7 Å². The van der Waals surface area contributed by atoms with Crippen LogP contribution in [0.2, 0.25) is 0 Å². The normalized spacial score (nSPS) is 17.6. The maximum absolute atomic E-state index is 14.0. The van der Waals surface area contributed by atoms with Crippen molar-refractivity contribution in [2.45, 2.75) is 44.1 Å². The third kappa shape index (κ3) is 5.59. The first-order valence-electron chi connectivity index (χ1n) is 18.5. The van der Waals surface area contributed by atoms with Crippen LogP contribution in [-0.4, -0.2) is 52.2 Å². The molecule has 2 aliphatic heterocycles. The van der Waals surface area contributed by atoms with E-state index in [1.54, 1.807) is 7.05 Å². The van der Waals surface area contributed by atoms with E-state index in [1.807, 2.05) is 42.6 Å². The van der Waals surface area contributed by atoms with Crippen LogP contribution >= 0.6 is 0 Å². The number of imide groups is 1. The lowest BCUT2D eigenvalue weighted by molar-refractivity contribution is -0.134. The maximum atomic E-state index is 14.0. The van der Waals surface area contributed by atoms with Gasteiger partial charge in [-0.15, -0.1) is 0 Å². The molecule has 0 saturated carbocycles. The molecule has 9 rings (SSSR count). The molecule has 7 heteroatoms. The molecule has 0 fully saturated rings. The number of hydrogen-bond donors (Lipinski definition) is 0. The Morgan fingerprint density at radius 2 is 1.30 bits per heavy atom. The third-order valence-corrected chi connectivity index (χ3v) is 11.1. The number of para-hydroxylation sites is 1. The molecule has 0 radical (unpaired) electrons. The summed E-state index contributed by atoms with van der Waals surface area (Å²) in [5, 5.41) is 0.942. The molecule has 1 aliphatic carbocycles. The van der Waals surface area contributed by atoms with Gasteiger partial charge in [0.15, 0.2) is 0 Å². The molecule has 3 aliphatic rings. The largest absolute Gasteiger partial charge is 0.374 e. The summed E-state index contributed by atoms with van der Waals surface area (Å²) < 4.78 is 18.5.